The van der Waals surface area contributed by atoms with E-state index < -0.39 is 0 Å². The van der Waals surface area contributed by atoms with E-state index in [2.05, 4.69) is 22.4 Å². The third kappa shape index (κ3) is 2.85. The van der Waals surface area contributed by atoms with Crippen LogP contribution < -0.4 is 5.32 Å². The number of carbonyl (C=O) groups is 1. The highest BCUT2D eigenvalue weighted by Gasteiger charge is 2.13. The Morgan fingerprint density at radius 2 is 1.91 bits per heavy atom. The van der Waals surface area contributed by atoms with Gasteiger partial charge in [-0.05, 0) is 24.3 Å². The van der Waals surface area contributed by atoms with Gasteiger partial charge in [-0.1, -0.05) is 24.3 Å². The quantitative estimate of drug-likeness (QED) is 0.596. The number of amides is 1. The van der Waals surface area contributed by atoms with Crippen molar-refractivity contribution < 1.29 is 4.79 Å². The lowest BCUT2D eigenvalue weighted by molar-refractivity contribution is 0.0958. The summed E-state index contributed by atoms with van der Waals surface area (Å²) in [7, 11) is 0. The number of carbonyl (C=O) groups excluding carboxylic acids is 1. The fourth-order valence-corrected chi connectivity index (χ4v) is 4.99. The Balaban J connectivity index is 1.49. The number of hydrogen-bond donors (Lipinski definition) is 1. The summed E-state index contributed by atoms with van der Waals surface area (Å²) in [5.74, 6) is -0.00147. The van der Waals surface area contributed by atoms with Crippen molar-refractivity contribution in [3.63, 3.8) is 0 Å². The van der Waals surface area contributed by atoms with Crippen molar-refractivity contribution in [1.29, 1.82) is 0 Å². The number of aromatic nitrogens is 1. The van der Waals surface area contributed by atoms with Gasteiger partial charge >= 0.3 is 0 Å². The standard InChI is InChI=1S/C18H14N2OS2/c21-18(20-10-8-12-5-3-4-9-19-12)16-11-15-17(23-16)13-6-1-2-7-14(13)22-15/h1-7,9,11H,8,10H2,(H,20,21). The molecule has 1 amide bonds. The predicted molar refractivity (Wildman–Crippen MR) is 97.5 cm³/mol. The zero-order valence-corrected chi connectivity index (χ0v) is 13.9. The van der Waals surface area contributed by atoms with Crippen LogP contribution in [0.4, 0.5) is 0 Å². The second-order valence-corrected chi connectivity index (χ2v) is 7.37. The first kappa shape index (κ1) is 14.4. The molecule has 0 unspecified atom stereocenters. The van der Waals surface area contributed by atoms with Gasteiger partial charge in [-0.15, -0.1) is 22.7 Å². The van der Waals surface area contributed by atoms with Gasteiger partial charge in [0.2, 0.25) is 0 Å². The molecule has 0 aliphatic carbocycles. The fourth-order valence-electron chi connectivity index (χ4n) is 2.55. The Bertz CT molecular complexity index is 972. The van der Waals surface area contributed by atoms with Gasteiger partial charge in [0, 0.05) is 39.6 Å². The van der Waals surface area contributed by atoms with Crippen LogP contribution in [0, 0.1) is 0 Å². The lowest BCUT2D eigenvalue weighted by Crippen LogP contribution is -2.25. The zero-order valence-electron chi connectivity index (χ0n) is 12.3. The summed E-state index contributed by atoms with van der Waals surface area (Å²) in [5, 5.41) is 4.22. The Labute approximate surface area is 141 Å². The fraction of sp³-hybridized carbons (Fsp3) is 0.111. The molecule has 1 aromatic carbocycles. The molecule has 3 heterocycles. The summed E-state index contributed by atoms with van der Waals surface area (Å²) < 4.78 is 3.67. The summed E-state index contributed by atoms with van der Waals surface area (Å²) in [5.41, 5.74) is 0.992. The average molecular weight is 338 g/mol. The lowest BCUT2D eigenvalue weighted by Gasteiger charge is -2.02. The van der Waals surface area contributed by atoms with E-state index in [-0.39, 0.29) is 5.91 Å². The summed E-state index contributed by atoms with van der Waals surface area (Å²) in [4.78, 5) is 17.4. The van der Waals surface area contributed by atoms with E-state index in [0.717, 1.165) is 17.0 Å². The molecular weight excluding hydrogens is 324 g/mol. The van der Waals surface area contributed by atoms with E-state index in [1.807, 2.05) is 36.4 Å². The van der Waals surface area contributed by atoms with Crippen LogP contribution in [-0.2, 0) is 6.42 Å². The highest BCUT2D eigenvalue weighted by atomic mass is 32.1. The molecule has 4 rings (SSSR count). The van der Waals surface area contributed by atoms with Gasteiger partial charge in [0.1, 0.15) is 0 Å². The molecule has 3 nitrogen and oxygen atoms in total. The summed E-state index contributed by atoms with van der Waals surface area (Å²) in [6, 6.07) is 16.2. The van der Waals surface area contributed by atoms with E-state index >= 15 is 0 Å². The number of fused-ring (bicyclic) bond motifs is 3. The molecule has 1 N–H and O–H groups in total. The molecule has 23 heavy (non-hydrogen) atoms. The normalized spacial score (nSPS) is 11.1. The summed E-state index contributed by atoms with van der Waals surface area (Å²) in [6.07, 6.45) is 2.52. The minimum absolute atomic E-state index is 0.00147. The third-order valence-corrected chi connectivity index (χ3v) is 6.08. The number of pyridine rings is 1. The molecule has 3 aromatic heterocycles. The highest BCUT2D eigenvalue weighted by molar-refractivity contribution is 7.33. The van der Waals surface area contributed by atoms with Crippen LogP contribution in [0.5, 0.6) is 0 Å². The first-order valence-electron chi connectivity index (χ1n) is 7.40. The van der Waals surface area contributed by atoms with Crippen LogP contribution in [0.25, 0.3) is 19.5 Å². The number of rotatable bonds is 4. The van der Waals surface area contributed by atoms with Crippen LogP contribution in [0.1, 0.15) is 15.4 Å². The highest BCUT2D eigenvalue weighted by Crippen LogP contribution is 2.39. The van der Waals surface area contributed by atoms with Crippen molar-refractivity contribution in [3.8, 4) is 0 Å². The van der Waals surface area contributed by atoms with Crippen LogP contribution >= 0.6 is 22.7 Å². The van der Waals surface area contributed by atoms with Gasteiger partial charge in [0.05, 0.1) is 9.58 Å². The molecule has 0 aliphatic heterocycles. The lowest BCUT2D eigenvalue weighted by atomic mass is 10.2. The predicted octanol–water partition coefficient (Wildman–Crippen LogP) is 4.48. The van der Waals surface area contributed by atoms with Gasteiger partial charge in [-0.25, -0.2) is 0 Å². The van der Waals surface area contributed by atoms with Gasteiger partial charge in [0.25, 0.3) is 5.91 Å². The van der Waals surface area contributed by atoms with Crippen molar-refractivity contribution in [3.05, 3.63) is 65.3 Å². The average Bonchev–Trinajstić information content (AvgIpc) is 3.13. The largest absolute Gasteiger partial charge is 0.351 e. The number of nitrogens with one attached hydrogen (secondary N) is 1. The maximum absolute atomic E-state index is 12.3. The Kier molecular flexibility index (Phi) is 3.81. The molecule has 114 valence electrons. The first-order valence-corrected chi connectivity index (χ1v) is 9.04. The number of thiophene rings is 2. The molecule has 0 saturated carbocycles. The topological polar surface area (TPSA) is 42.0 Å². The van der Waals surface area contributed by atoms with Crippen molar-refractivity contribution in [2.75, 3.05) is 6.54 Å². The maximum atomic E-state index is 12.3. The SMILES string of the molecule is O=C(NCCc1ccccn1)c1cc2sc3ccccc3c2s1. The Hall–Kier alpha value is -2.24. The van der Waals surface area contributed by atoms with Crippen molar-refractivity contribution in [2.24, 2.45) is 0 Å². The number of benzene rings is 1. The number of hydrogen-bond acceptors (Lipinski definition) is 4. The molecule has 0 radical (unpaired) electrons. The van der Waals surface area contributed by atoms with Crippen molar-refractivity contribution in [1.82, 2.24) is 10.3 Å². The van der Waals surface area contributed by atoms with E-state index in [4.69, 9.17) is 0 Å². The summed E-state index contributed by atoms with van der Waals surface area (Å²) >= 11 is 3.31. The van der Waals surface area contributed by atoms with Crippen molar-refractivity contribution >= 4 is 48.1 Å². The van der Waals surface area contributed by atoms with Crippen molar-refractivity contribution in [2.45, 2.75) is 6.42 Å². The molecule has 0 aliphatic rings. The van der Waals surface area contributed by atoms with Crippen LogP contribution in [0.15, 0.2) is 54.7 Å². The zero-order chi connectivity index (χ0) is 15.6. The van der Waals surface area contributed by atoms with Gasteiger partial charge in [-0.3, -0.25) is 9.78 Å². The second kappa shape index (κ2) is 6.10. The third-order valence-electron chi connectivity index (χ3n) is 3.67. The monoisotopic (exact) mass is 338 g/mol. The first-order chi connectivity index (χ1) is 11.3. The van der Waals surface area contributed by atoms with Gasteiger partial charge in [-0.2, -0.15) is 0 Å². The van der Waals surface area contributed by atoms with Gasteiger partial charge in [0.15, 0.2) is 0 Å². The Morgan fingerprint density at radius 1 is 1.04 bits per heavy atom. The smallest absolute Gasteiger partial charge is 0.261 e. The van der Waals surface area contributed by atoms with Crippen LogP contribution in [0.3, 0.4) is 0 Å². The second-order valence-electron chi connectivity index (χ2n) is 5.23. The van der Waals surface area contributed by atoms with Gasteiger partial charge < -0.3 is 5.32 Å². The van der Waals surface area contributed by atoms with E-state index in [1.54, 1.807) is 28.9 Å². The molecule has 0 spiro atoms. The van der Waals surface area contributed by atoms with E-state index in [0.29, 0.717) is 6.54 Å². The van der Waals surface area contributed by atoms with E-state index in [1.165, 1.54) is 19.5 Å². The van der Waals surface area contributed by atoms with Crippen LogP contribution in [-0.4, -0.2) is 17.4 Å². The minimum atomic E-state index is -0.00147. The molecule has 5 heteroatoms. The molecule has 0 bridgehead atoms. The minimum Gasteiger partial charge on any atom is -0.351 e. The van der Waals surface area contributed by atoms with E-state index in [9.17, 15) is 4.79 Å². The molecular formula is C18H14N2OS2. The molecule has 4 aromatic rings. The molecule has 0 saturated heterocycles. The molecule has 0 atom stereocenters. The Morgan fingerprint density at radius 3 is 2.78 bits per heavy atom. The number of nitrogens with zero attached hydrogens (tertiary/aromatic N) is 1. The molecule has 0 fully saturated rings. The van der Waals surface area contributed by atoms with Crippen LogP contribution in [0.2, 0.25) is 0 Å². The maximum Gasteiger partial charge on any atom is 0.261 e. The summed E-state index contributed by atoms with van der Waals surface area (Å²) in [6.45, 7) is 0.599.